The monoisotopic (exact) mass is 373 g/mol. The molecule has 2 heterocycles. The van der Waals surface area contributed by atoms with Gasteiger partial charge in [0.1, 0.15) is 11.3 Å². The minimum Gasteiger partial charge on any atom is -0.461 e. The Labute approximate surface area is 163 Å². The molecule has 0 spiro atoms. The summed E-state index contributed by atoms with van der Waals surface area (Å²) in [6, 6.07) is 14.1. The summed E-state index contributed by atoms with van der Waals surface area (Å²) in [6.07, 6.45) is 4.94. The van der Waals surface area contributed by atoms with Crippen molar-refractivity contribution < 1.29 is 9.21 Å². The third-order valence-corrected chi connectivity index (χ3v) is 5.82. The summed E-state index contributed by atoms with van der Waals surface area (Å²) in [5.41, 5.74) is 4.65. The van der Waals surface area contributed by atoms with Crippen molar-refractivity contribution in [1.29, 1.82) is 0 Å². The minimum atomic E-state index is -0.106. The third-order valence-electron chi connectivity index (χ3n) is 5.82. The van der Waals surface area contributed by atoms with Gasteiger partial charge in [0, 0.05) is 51.8 Å². The van der Waals surface area contributed by atoms with Gasteiger partial charge in [-0.15, -0.1) is 0 Å². The van der Waals surface area contributed by atoms with Crippen LogP contribution in [0.4, 0.5) is 5.69 Å². The lowest BCUT2D eigenvalue weighted by Gasteiger charge is -2.27. The highest BCUT2D eigenvalue weighted by atomic mass is 16.3. The van der Waals surface area contributed by atoms with E-state index in [4.69, 9.17) is 4.42 Å². The number of hydrogen-bond donors (Lipinski definition) is 2. The number of carbonyl (C=O) groups excluding carboxylic acids is 1. The summed E-state index contributed by atoms with van der Waals surface area (Å²) in [5, 5.41) is 5.18. The molecule has 0 saturated heterocycles. The summed E-state index contributed by atoms with van der Waals surface area (Å²) < 4.78 is 6.07. The van der Waals surface area contributed by atoms with Gasteiger partial charge in [-0.25, -0.2) is 0 Å². The Balaban J connectivity index is 1.44. The van der Waals surface area contributed by atoms with E-state index in [2.05, 4.69) is 29.3 Å². The molecule has 1 aliphatic rings. The van der Waals surface area contributed by atoms with Crippen LogP contribution in [0, 0.1) is 0 Å². The first-order valence-electron chi connectivity index (χ1n) is 9.68. The molecule has 0 aliphatic heterocycles. The quantitative estimate of drug-likeness (QED) is 0.552. The molecule has 0 radical (unpaired) electrons. The molecule has 5 heteroatoms. The number of aromatic nitrogens is 1. The fourth-order valence-corrected chi connectivity index (χ4v) is 4.18. The summed E-state index contributed by atoms with van der Waals surface area (Å²) >= 11 is 0. The normalized spacial score (nSPS) is 16.6. The van der Waals surface area contributed by atoms with Gasteiger partial charge in [0.25, 0.3) is 5.91 Å². The van der Waals surface area contributed by atoms with Gasteiger partial charge >= 0.3 is 0 Å². The first-order valence-corrected chi connectivity index (χ1v) is 9.68. The molecule has 2 aromatic heterocycles. The van der Waals surface area contributed by atoms with E-state index in [1.807, 2.05) is 48.7 Å². The van der Waals surface area contributed by atoms with Crippen molar-refractivity contribution in [3.63, 3.8) is 0 Å². The van der Waals surface area contributed by atoms with E-state index in [0.717, 1.165) is 52.6 Å². The molecule has 4 aromatic rings. The predicted octanol–water partition coefficient (Wildman–Crippen LogP) is 4.59. The second-order valence-corrected chi connectivity index (χ2v) is 7.81. The summed E-state index contributed by atoms with van der Waals surface area (Å²) in [7, 11) is 4.26. The van der Waals surface area contributed by atoms with Crippen molar-refractivity contribution in [1.82, 2.24) is 9.88 Å². The van der Waals surface area contributed by atoms with Gasteiger partial charge in [-0.2, -0.15) is 0 Å². The lowest BCUT2D eigenvalue weighted by atomic mass is 9.91. The van der Waals surface area contributed by atoms with Crippen molar-refractivity contribution in [3.8, 4) is 0 Å². The smallest absolute Gasteiger partial charge is 0.255 e. The molecule has 2 aromatic carbocycles. The first kappa shape index (κ1) is 17.1. The van der Waals surface area contributed by atoms with E-state index >= 15 is 0 Å². The number of likely N-dealkylation sites (N-methyl/N-ethyl adjacent to an activating group) is 1. The molecule has 5 nitrogen and oxygen atoms in total. The van der Waals surface area contributed by atoms with Crippen LogP contribution < -0.4 is 5.32 Å². The first-order chi connectivity index (χ1) is 13.6. The molecule has 1 unspecified atom stereocenters. The Bertz CT molecular complexity index is 1190. The lowest BCUT2D eigenvalue weighted by Crippen LogP contribution is -2.33. The molecule has 5 rings (SSSR count). The number of furan rings is 1. The van der Waals surface area contributed by atoms with Crippen molar-refractivity contribution in [2.24, 2.45) is 0 Å². The van der Waals surface area contributed by atoms with Crippen LogP contribution >= 0.6 is 0 Å². The molecule has 142 valence electrons. The van der Waals surface area contributed by atoms with Crippen LogP contribution in [-0.4, -0.2) is 35.9 Å². The zero-order valence-corrected chi connectivity index (χ0v) is 16.1. The number of aromatic amines is 1. The van der Waals surface area contributed by atoms with E-state index in [9.17, 15) is 4.79 Å². The number of H-pyrrole nitrogens is 1. The van der Waals surface area contributed by atoms with Crippen molar-refractivity contribution in [2.75, 3.05) is 19.4 Å². The summed E-state index contributed by atoms with van der Waals surface area (Å²) in [4.78, 5) is 18.2. The lowest BCUT2D eigenvalue weighted by molar-refractivity contribution is 0.102. The number of hydrogen-bond acceptors (Lipinski definition) is 3. The van der Waals surface area contributed by atoms with E-state index in [-0.39, 0.29) is 5.91 Å². The largest absolute Gasteiger partial charge is 0.461 e. The number of amides is 1. The standard InChI is InChI=1S/C23H23N3O2/c1-26(2)17-5-8-22-19(13-17)18-12-16(4-7-21(18)28-22)25-23(27)15-3-6-20-14(11-15)9-10-24-20/h3-4,6-7,9-12,17,24H,5,8,13H2,1-2H3,(H,25,27). The third kappa shape index (κ3) is 2.88. The Morgan fingerprint density at radius 3 is 2.93 bits per heavy atom. The topological polar surface area (TPSA) is 61.3 Å². The Kier molecular flexibility index (Phi) is 3.98. The molecule has 1 aliphatic carbocycles. The molecule has 0 bridgehead atoms. The number of nitrogens with zero attached hydrogens (tertiary/aromatic N) is 1. The van der Waals surface area contributed by atoms with Gasteiger partial charge in [0.15, 0.2) is 0 Å². The van der Waals surface area contributed by atoms with Gasteiger partial charge in [0.2, 0.25) is 0 Å². The highest BCUT2D eigenvalue weighted by molar-refractivity contribution is 6.07. The Morgan fingerprint density at radius 1 is 1.18 bits per heavy atom. The van der Waals surface area contributed by atoms with Crippen molar-refractivity contribution in [3.05, 3.63) is 65.5 Å². The maximum absolute atomic E-state index is 12.7. The molecule has 2 N–H and O–H groups in total. The van der Waals surface area contributed by atoms with Crippen LogP contribution in [0.1, 0.15) is 28.1 Å². The molecule has 28 heavy (non-hydrogen) atoms. The zero-order valence-electron chi connectivity index (χ0n) is 16.1. The highest BCUT2D eigenvalue weighted by Gasteiger charge is 2.25. The van der Waals surface area contributed by atoms with E-state index < -0.39 is 0 Å². The Morgan fingerprint density at radius 2 is 2.07 bits per heavy atom. The van der Waals surface area contributed by atoms with Gasteiger partial charge < -0.3 is 19.6 Å². The number of nitrogens with one attached hydrogen (secondary N) is 2. The van der Waals surface area contributed by atoms with E-state index in [1.165, 1.54) is 5.56 Å². The number of fused-ring (bicyclic) bond motifs is 4. The van der Waals surface area contributed by atoms with Gasteiger partial charge in [-0.05, 0) is 69.4 Å². The zero-order chi connectivity index (χ0) is 19.3. The maximum Gasteiger partial charge on any atom is 0.255 e. The minimum absolute atomic E-state index is 0.106. The SMILES string of the molecule is CN(C)C1CCc2oc3ccc(NC(=O)c4ccc5[nH]ccc5c4)cc3c2C1. The summed E-state index contributed by atoms with van der Waals surface area (Å²) in [6.45, 7) is 0. The highest BCUT2D eigenvalue weighted by Crippen LogP contribution is 2.34. The summed E-state index contributed by atoms with van der Waals surface area (Å²) in [5.74, 6) is 0.987. The van der Waals surface area contributed by atoms with Crippen LogP contribution in [-0.2, 0) is 12.8 Å². The molecule has 0 saturated carbocycles. The fourth-order valence-electron chi connectivity index (χ4n) is 4.18. The predicted molar refractivity (Wildman–Crippen MR) is 112 cm³/mol. The molecular weight excluding hydrogens is 350 g/mol. The van der Waals surface area contributed by atoms with Crippen LogP contribution in [0.5, 0.6) is 0 Å². The number of carbonyl (C=O) groups is 1. The van der Waals surface area contributed by atoms with Crippen LogP contribution in [0.25, 0.3) is 21.9 Å². The molecule has 1 amide bonds. The van der Waals surface area contributed by atoms with Gasteiger partial charge in [0.05, 0.1) is 0 Å². The van der Waals surface area contributed by atoms with Gasteiger partial charge in [-0.1, -0.05) is 0 Å². The second-order valence-electron chi connectivity index (χ2n) is 7.81. The number of benzene rings is 2. The van der Waals surface area contributed by atoms with Crippen LogP contribution in [0.15, 0.2) is 53.1 Å². The molecular formula is C23H23N3O2. The van der Waals surface area contributed by atoms with Gasteiger partial charge in [-0.3, -0.25) is 4.79 Å². The Hall–Kier alpha value is -3.05. The van der Waals surface area contributed by atoms with E-state index in [0.29, 0.717) is 11.6 Å². The maximum atomic E-state index is 12.7. The second kappa shape index (κ2) is 6.53. The number of aryl methyl sites for hydroxylation is 1. The molecule has 0 fully saturated rings. The van der Waals surface area contributed by atoms with Crippen LogP contribution in [0.3, 0.4) is 0 Å². The van der Waals surface area contributed by atoms with E-state index in [1.54, 1.807) is 0 Å². The number of anilines is 1. The number of rotatable bonds is 3. The van der Waals surface area contributed by atoms with Crippen molar-refractivity contribution >= 4 is 33.5 Å². The van der Waals surface area contributed by atoms with Crippen molar-refractivity contribution in [2.45, 2.75) is 25.3 Å². The molecule has 1 atom stereocenters. The fraction of sp³-hybridized carbons (Fsp3) is 0.261. The average molecular weight is 373 g/mol. The van der Waals surface area contributed by atoms with Crippen LogP contribution in [0.2, 0.25) is 0 Å². The average Bonchev–Trinajstić information content (AvgIpc) is 3.30.